The predicted molar refractivity (Wildman–Crippen MR) is 75.0 cm³/mol. The number of halogens is 1. The number of methoxy groups -OCH3 is 1. The van der Waals surface area contributed by atoms with Gasteiger partial charge in [0.15, 0.2) is 0 Å². The molecule has 0 saturated carbocycles. The predicted octanol–water partition coefficient (Wildman–Crippen LogP) is 2.22. The molecule has 1 aromatic carbocycles. The van der Waals surface area contributed by atoms with Gasteiger partial charge in [-0.1, -0.05) is 6.07 Å². The Morgan fingerprint density at radius 1 is 1.30 bits per heavy atom. The Morgan fingerprint density at radius 3 is 2.70 bits per heavy atom. The second kappa shape index (κ2) is 6.14. The van der Waals surface area contributed by atoms with Gasteiger partial charge >= 0.3 is 6.01 Å². The van der Waals surface area contributed by atoms with E-state index in [-0.39, 0.29) is 11.8 Å². The lowest BCUT2D eigenvalue weighted by atomic mass is 10.3. The lowest BCUT2D eigenvalue weighted by Crippen LogP contribution is -2.20. The van der Waals surface area contributed by atoms with E-state index in [1.54, 1.807) is 24.1 Å². The summed E-state index contributed by atoms with van der Waals surface area (Å²) in [5.41, 5.74) is 0.669. The van der Waals surface area contributed by atoms with Gasteiger partial charge in [-0.3, -0.25) is 0 Å². The van der Waals surface area contributed by atoms with Crippen molar-refractivity contribution in [3.05, 3.63) is 30.1 Å². The molecule has 106 valence electrons. The maximum Gasteiger partial charge on any atom is 0.322 e. The fourth-order valence-electron chi connectivity index (χ4n) is 1.75. The quantitative estimate of drug-likeness (QED) is 0.904. The first kappa shape index (κ1) is 14.0. The van der Waals surface area contributed by atoms with Crippen LogP contribution in [0.2, 0.25) is 0 Å². The van der Waals surface area contributed by atoms with Crippen LogP contribution in [0, 0.1) is 5.82 Å². The second-order valence-electron chi connectivity index (χ2n) is 3.92. The van der Waals surface area contributed by atoms with E-state index in [1.807, 2.05) is 6.92 Å². The molecule has 1 heterocycles. The van der Waals surface area contributed by atoms with E-state index in [1.165, 1.54) is 19.2 Å². The molecule has 6 nitrogen and oxygen atoms in total. The first-order chi connectivity index (χ1) is 9.67. The second-order valence-corrected chi connectivity index (χ2v) is 3.92. The minimum absolute atomic E-state index is 0.203. The van der Waals surface area contributed by atoms with Crippen LogP contribution in [0.1, 0.15) is 6.92 Å². The van der Waals surface area contributed by atoms with Gasteiger partial charge in [-0.2, -0.15) is 15.0 Å². The average Bonchev–Trinajstić information content (AvgIpc) is 2.47. The third kappa shape index (κ3) is 2.93. The standard InChI is InChI=1S/C13H16FN5O/c1-4-19(10-7-5-6-9(14)8-10)12-16-11(15-2)17-13(18-12)20-3/h5-8H,4H2,1-3H3,(H,15,16,17,18). The summed E-state index contributed by atoms with van der Waals surface area (Å²) >= 11 is 0. The zero-order chi connectivity index (χ0) is 14.5. The minimum Gasteiger partial charge on any atom is -0.467 e. The molecule has 20 heavy (non-hydrogen) atoms. The SMILES string of the molecule is CCN(c1cccc(F)c1)c1nc(NC)nc(OC)n1. The Labute approximate surface area is 116 Å². The number of benzene rings is 1. The van der Waals surface area contributed by atoms with Crippen LogP contribution >= 0.6 is 0 Å². The average molecular weight is 277 g/mol. The van der Waals surface area contributed by atoms with Crippen LogP contribution < -0.4 is 15.0 Å². The Morgan fingerprint density at radius 2 is 2.10 bits per heavy atom. The Hall–Kier alpha value is -2.44. The van der Waals surface area contributed by atoms with Crippen molar-refractivity contribution in [1.82, 2.24) is 15.0 Å². The van der Waals surface area contributed by atoms with E-state index in [2.05, 4.69) is 20.3 Å². The minimum atomic E-state index is -0.309. The fourth-order valence-corrected chi connectivity index (χ4v) is 1.75. The van der Waals surface area contributed by atoms with Crippen molar-refractivity contribution in [3.63, 3.8) is 0 Å². The molecule has 0 saturated heterocycles. The normalized spacial score (nSPS) is 10.2. The summed E-state index contributed by atoms with van der Waals surface area (Å²) in [4.78, 5) is 14.3. The number of ether oxygens (including phenoxy) is 1. The molecule has 0 fully saturated rings. The zero-order valence-electron chi connectivity index (χ0n) is 11.6. The van der Waals surface area contributed by atoms with E-state index in [0.29, 0.717) is 24.1 Å². The molecule has 2 aromatic rings. The Bertz CT molecular complexity index is 570. The molecule has 0 radical (unpaired) electrons. The van der Waals surface area contributed by atoms with Crippen LogP contribution in [0.5, 0.6) is 6.01 Å². The van der Waals surface area contributed by atoms with Crippen molar-refractivity contribution in [2.75, 3.05) is 30.9 Å². The largest absolute Gasteiger partial charge is 0.467 e. The highest BCUT2D eigenvalue weighted by atomic mass is 19.1. The van der Waals surface area contributed by atoms with E-state index < -0.39 is 0 Å². The van der Waals surface area contributed by atoms with Crippen LogP contribution in [0.25, 0.3) is 0 Å². The molecular weight excluding hydrogens is 261 g/mol. The molecule has 2 rings (SSSR count). The lowest BCUT2D eigenvalue weighted by molar-refractivity contribution is 0.379. The van der Waals surface area contributed by atoms with Gasteiger partial charge in [0.1, 0.15) is 5.82 Å². The molecule has 7 heteroatoms. The third-order valence-electron chi connectivity index (χ3n) is 2.69. The highest BCUT2D eigenvalue weighted by Crippen LogP contribution is 2.24. The van der Waals surface area contributed by atoms with Crippen LogP contribution in [-0.4, -0.2) is 35.7 Å². The van der Waals surface area contributed by atoms with E-state index in [4.69, 9.17) is 4.74 Å². The van der Waals surface area contributed by atoms with Crippen molar-refractivity contribution in [2.45, 2.75) is 6.92 Å². The zero-order valence-corrected chi connectivity index (χ0v) is 11.6. The van der Waals surface area contributed by atoms with Crippen LogP contribution in [0.15, 0.2) is 24.3 Å². The number of nitrogens with one attached hydrogen (secondary N) is 1. The number of anilines is 3. The molecule has 0 atom stereocenters. The van der Waals surface area contributed by atoms with Gasteiger partial charge in [-0.05, 0) is 25.1 Å². The summed E-state index contributed by atoms with van der Waals surface area (Å²) in [7, 11) is 3.19. The van der Waals surface area contributed by atoms with Crippen molar-refractivity contribution in [1.29, 1.82) is 0 Å². The smallest absolute Gasteiger partial charge is 0.322 e. The lowest BCUT2D eigenvalue weighted by Gasteiger charge is -2.21. The summed E-state index contributed by atoms with van der Waals surface area (Å²) in [6.07, 6.45) is 0. The van der Waals surface area contributed by atoms with Crippen LogP contribution in [0.3, 0.4) is 0 Å². The highest BCUT2D eigenvalue weighted by Gasteiger charge is 2.14. The van der Waals surface area contributed by atoms with Gasteiger partial charge in [0.05, 0.1) is 7.11 Å². The van der Waals surface area contributed by atoms with Gasteiger partial charge in [-0.15, -0.1) is 0 Å². The number of hydrogen-bond acceptors (Lipinski definition) is 6. The molecule has 0 aliphatic rings. The number of hydrogen-bond donors (Lipinski definition) is 1. The molecular formula is C13H16FN5O. The summed E-state index contributed by atoms with van der Waals surface area (Å²) in [6.45, 7) is 2.51. The monoisotopic (exact) mass is 277 g/mol. The van der Waals surface area contributed by atoms with Gasteiger partial charge in [-0.25, -0.2) is 4.39 Å². The molecule has 1 aromatic heterocycles. The molecule has 0 amide bonds. The van der Waals surface area contributed by atoms with Gasteiger partial charge < -0.3 is 15.0 Å². The summed E-state index contributed by atoms with van der Waals surface area (Å²) < 4.78 is 18.4. The number of rotatable bonds is 5. The van der Waals surface area contributed by atoms with E-state index in [0.717, 1.165) is 0 Å². The van der Waals surface area contributed by atoms with Crippen molar-refractivity contribution in [3.8, 4) is 6.01 Å². The number of nitrogens with zero attached hydrogens (tertiary/aromatic N) is 4. The molecule has 0 aliphatic heterocycles. The van der Waals surface area contributed by atoms with Crippen LogP contribution in [-0.2, 0) is 0 Å². The van der Waals surface area contributed by atoms with Crippen molar-refractivity contribution >= 4 is 17.6 Å². The molecule has 0 bridgehead atoms. The Balaban J connectivity index is 2.45. The van der Waals surface area contributed by atoms with Crippen LogP contribution in [0.4, 0.5) is 22.0 Å². The maximum atomic E-state index is 13.4. The summed E-state index contributed by atoms with van der Waals surface area (Å²) in [6, 6.07) is 6.46. The first-order valence-electron chi connectivity index (χ1n) is 6.18. The summed E-state index contributed by atoms with van der Waals surface area (Å²) in [5, 5.41) is 2.84. The van der Waals surface area contributed by atoms with Gasteiger partial charge in [0.2, 0.25) is 11.9 Å². The molecule has 1 N–H and O–H groups in total. The first-order valence-corrected chi connectivity index (χ1v) is 6.18. The molecule has 0 spiro atoms. The topological polar surface area (TPSA) is 63.2 Å². The van der Waals surface area contributed by atoms with E-state index in [9.17, 15) is 4.39 Å². The van der Waals surface area contributed by atoms with Crippen molar-refractivity contribution < 1.29 is 9.13 Å². The Kier molecular flexibility index (Phi) is 4.29. The van der Waals surface area contributed by atoms with Gasteiger partial charge in [0, 0.05) is 19.3 Å². The molecule has 0 unspecified atom stereocenters. The van der Waals surface area contributed by atoms with E-state index >= 15 is 0 Å². The maximum absolute atomic E-state index is 13.4. The third-order valence-corrected chi connectivity index (χ3v) is 2.69. The highest BCUT2D eigenvalue weighted by molar-refractivity contribution is 5.58. The number of aromatic nitrogens is 3. The molecule has 0 aliphatic carbocycles. The van der Waals surface area contributed by atoms with Gasteiger partial charge in [0.25, 0.3) is 0 Å². The fraction of sp³-hybridized carbons (Fsp3) is 0.308. The summed E-state index contributed by atoms with van der Waals surface area (Å²) in [5.74, 6) is 0.479. The van der Waals surface area contributed by atoms with Crippen molar-refractivity contribution in [2.24, 2.45) is 0 Å².